The molecule has 4 aromatic rings. The van der Waals surface area contributed by atoms with E-state index in [0.29, 0.717) is 17.6 Å². The van der Waals surface area contributed by atoms with E-state index in [-0.39, 0.29) is 11.7 Å². The maximum atomic E-state index is 12.8. The minimum absolute atomic E-state index is 0.00358. The van der Waals surface area contributed by atoms with E-state index in [9.17, 15) is 4.79 Å². The highest BCUT2D eigenvalue weighted by Crippen LogP contribution is 2.35. The molecule has 0 aliphatic carbocycles. The van der Waals surface area contributed by atoms with Crippen molar-refractivity contribution in [2.45, 2.75) is 19.4 Å². The molecule has 2 heterocycles. The third kappa shape index (κ3) is 3.34. The quantitative estimate of drug-likeness (QED) is 0.449. The molecule has 1 atom stereocenters. The van der Waals surface area contributed by atoms with Crippen LogP contribution in [0.1, 0.15) is 29.2 Å². The van der Waals surface area contributed by atoms with Gasteiger partial charge in [0.2, 0.25) is 0 Å². The van der Waals surface area contributed by atoms with Gasteiger partial charge in [-0.2, -0.15) is 0 Å². The highest BCUT2D eigenvalue weighted by molar-refractivity contribution is 6.05. The molecule has 0 amide bonds. The molecule has 5 rings (SSSR count). The monoisotopic (exact) mass is 380 g/mol. The van der Waals surface area contributed by atoms with E-state index in [1.807, 2.05) is 48.5 Å². The molecule has 4 heteroatoms. The van der Waals surface area contributed by atoms with E-state index in [2.05, 4.69) is 36.5 Å². The molecule has 1 aromatic heterocycles. The van der Waals surface area contributed by atoms with Crippen LogP contribution in [0.2, 0.25) is 0 Å². The van der Waals surface area contributed by atoms with Crippen molar-refractivity contribution in [2.24, 2.45) is 4.99 Å². The fraction of sp³-hybridized carbons (Fsp3) is 0.120. The number of anilines is 1. The number of aliphatic imine (C=N–C) groups is 1. The number of hydrogen-bond acceptors (Lipinski definition) is 4. The van der Waals surface area contributed by atoms with Gasteiger partial charge < -0.3 is 9.73 Å². The van der Waals surface area contributed by atoms with Gasteiger partial charge in [0.15, 0.2) is 0 Å². The van der Waals surface area contributed by atoms with Crippen LogP contribution in [0, 0.1) is 6.92 Å². The summed E-state index contributed by atoms with van der Waals surface area (Å²) in [5.74, 6) is 0. The number of rotatable bonds is 2. The molecule has 0 saturated carbocycles. The first kappa shape index (κ1) is 17.4. The zero-order valence-corrected chi connectivity index (χ0v) is 16.1. The first-order valence-corrected chi connectivity index (χ1v) is 9.70. The van der Waals surface area contributed by atoms with Crippen LogP contribution in [0.25, 0.3) is 11.0 Å². The van der Waals surface area contributed by atoms with Crippen LogP contribution in [-0.4, -0.2) is 5.71 Å². The molecule has 0 radical (unpaired) electrons. The molecule has 0 fully saturated rings. The molecule has 0 bridgehead atoms. The lowest BCUT2D eigenvalue weighted by molar-refractivity contribution is 0.559. The summed E-state index contributed by atoms with van der Waals surface area (Å²) in [6.45, 7) is 2.08. The van der Waals surface area contributed by atoms with Gasteiger partial charge >= 0.3 is 5.63 Å². The molecule has 29 heavy (non-hydrogen) atoms. The van der Waals surface area contributed by atoms with Gasteiger partial charge in [-0.15, -0.1) is 0 Å². The van der Waals surface area contributed by atoms with Crippen molar-refractivity contribution in [1.29, 1.82) is 0 Å². The number of hydrogen-bond donors (Lipinski definition) is 1. The van der Waals surface area contributed by atoms with Crippen LogP contribution in [0.5, 0.6) is 0 Å². The zero-order valence-electron chi connectivity index (χ0n) is 16.1. The molecule has 1 N–H and O–H groups in total. The minimum atomic E-state index is -0.357. The smallest absolute Gasteiger partial charge is 0.345 e. The predicted octanol–water partition coefficient (Wildman–Crippen LogP) is 5.78. The van der Waals surface area contributed by atoms with Gasteiger partial charge in [0.25, 0.3) is 0 Å². The number of nitrogens with one attached hydrogen (secondary N) is 1. The Hall–Kier alpha value is -3.66. The van der Waals surface area contributed by atoms with Gasteiger partial charge in [-0.05, 0) is 36.8 Å². The Balaban J connectivity index is 1.66. The van der Waals surface area contributed by atoms with Crippen molar-refractivity contribution in [1.82, 2.24) is 0 Å². The molecule has 3 aromatic carbocycles. The molecule has 142 valence electrons. The van der Waals surface area contributed by atoms with Crippen molar-refractivity contribution in [3.05, 3.63) is 106 Å². The number of nitrogens with zero attached hydrogens (tertiary/aromatic N) is 1. The van der Waals surface area contributed by atoms with Crippen molar-refractivity contribution < 1.29 is 4.42 Å². The average molecular weight is 380 g/mol. The Morgan fingerprint density at radius 1 is 0.966 bits per heavy atom. The molecular formula is C25H20N2O2. The third-order valence-electron chi connectivity index (χ3n) is 5.32. The topological polar surface area (TPSA) is 54.6 Å². The standard InChI is InChI=1S/C25H20N2O2/c1-16-10-12-17(13-11-16)22-15-23(27-21-8-4-3-7-20(21)26-22)19-14-18-6-2-5-9-24(18)29-25(19)28/h2-14,22,26H,15H2,1H3/t22-/m1/s1. The summed E-state index contributed by atoms with van der Waals surface area (Å²) in [5.41, 5.74) is 5.63. The number of aryl methyl sites for hydroxylation is 1. The number of benzene rings is 3. The normalized spacial score (nSPS) is 15.9. The van der Waals surface area contributed by atoms with E-state index in [4.69, 9.17) is 9.41 Å². The van der Waals surface area contributed by atoms with E-state index in [0.717, 1.165) is 28.0 Å². The van der Waals surface area contributed by atoms with Gasteiger partial charge in [0.1, 0.15) is 5.58 Å². The van der Waals surface area contributed by atoms with Gasteiger partial charge in [-0.1, -0.05) is 60.2 Å². The van der Waals surface area contributed by atoms with Gasteiger partial charge in [0.05, 0.1) is 28.7 Å². The third-order valence-corrected chi connectivity index (χ3v) is 5.32. The van der Waals surface area contributed by atoms with Gasteiger partial charge in [-0.25, -0.2) is 4.79 Å². The lowest BCUT2D eigenvalue weighted by atomic mass is 9.97. The Kier molecular flexibility index (Phi) is 4.24. The van der Waals surface area contributed by atoms with Crippen molar-refractivity contribution in [2.75, 3.05) is 5.32 Å². The molecule has 0 spiro atoms. The Morgan fingerprint density at radius 2 is 1.72 bits per heavy atom. The molecule has 1 aliphatic rings. The first-order chi connectivity index (χ1) is 14.2. The largest absolute Gasteiger partial charge is 0.422 e. The van der Waals surface area contributed by atoms with Crippen molar-refractivity contribution in [3.8, 4) is 0 Å². The van der Waals surface area contributed by atoms with Crippen LogP contribution in [0.4, 0.5) is 11.4 Å². The number of fused-ring (bicyclic) bond motifs is 2. The van der Waals surface area contributed by atoms with Crippen LogP contribution >= 0.6 is 0 Å². The van der Waals surface area contributed by atoms with E-state index in [1.165, 1.54) is 5.56 Å². The van der Waals surface area contributed by atoms with E-state index < -0.39 is 0 Å². The van der Waals surface area contributed by atoms with Gasteiger partial charge in [-0.3, -0.25) is 4.99 Å². The van der Waals surface area contributed by atoms with Crippen molar-refractivity contribution >= 4 is 28.1 Å². The molecule has 1 aliphatic heterocycles. The fourth-order valence-corrected chi connectivity index (χ4v) is 3.75. The lowest BCUT2D eigenvalue weighted by Crippen LogP contribution is -2.19. The summed E-state index contributed by atoms with van der Waals surface area (Å²) < 4.78 is 5.57. The second-order valence-corrected chi connectivity index (χ2v) is 7.37. The van der Waals surface area contributed by atoms with E-state index >= 15 is 0 Å². The number of para-hydroxylation sites is 3. The molecule has 0 unspecified atom stereocenters. The van der Waals surface area contributed by atoms with Crippen LogP contribution in [0.15, 0.2) is 93.1 Å². The zero-order chi connectivity index (χ0) is 19.8. The van der Waals surface area contributed by atoms with Crippen LogP contribution < -0.4 is 10.9 Å². The highest BCUT2D eigenvalue weighted by atomic mass is 16.4. The molecule has 0 saturated heterocycles. The molecular weight excluding hydrogens is 360 g/mol. The second-order valence-electron chi connectivity index (χ2n) is 7.37. The lowest BCUT2D eigenvalue weighted by Gasteiger charge is -2.19. The van der Waals surface area contributed by atoms with Gasteiger partial charge in [0, 0.05) is 11.8 Å². The summed E-state index contributed by atoms with van der Waals surface area (Å²) in [4.78, 5) is 17.6. The van der Waals surface area contributed by atoms with Crippen LogP contribution in [-0.2, 0) is 0 Å². The fourth-order valence-electron chi connectivity index (χ4n) is 3.75. The maximum Gasteiger partial charge on any atom is 0.345 e. The summed E-state index contributed by atoms with van der Waals surface area (Å²) in [6.07, 6.45) is 0.584. The average Bonchev–Trinajstić information content (AvgIpc) is 2.93. The Labute approximate surface area is 168 Å². The minimum Gasteiger partial charge on any atom is -0.422 e. The van der Waals surface area contributed by atoms with Crippen LogP contribution in [0.3, 0.4) is 0 Å². The van der Waals surface area contributed by atoms with E-state index in [1.54, 1.807) is 6.07 Å². The molecule has 4 nitrogen and oxygen atoms in total. The summed E-state index contributed by atoms with van der Waals surface area (Å²) >= 11 is 0. The summed E-state index contributed by atoms with van der Waals surface area (Å²) in [7, 11) is 0. The predicted molar refractivity (Wildman–Crippen MR) is 117 cm³/mol. The maximum absolute atomic E-state index is 12.8. The van der Waals surface area contributed by atoms with Crippen molar-refractivity contribution in [3.63, 3.8) is 0 Å². The second kappa shape index (κ2) is 7.06. The highest BCUT2D eigenvalue weighted by Gasteiger charge is 2.23. The Morgan fingerprint density at radius 3 is 2.59 bits per heavy atom. The first-order valence-electron chi connectivity index (χ1n) is 9.70. The SMILES string of the molecule is Cc1ccc([C@H]2CC(c3cc4ccccc4oc3=O)=Nc3ccccc3N2)cc1. The summed E-state index contributed by atoms with van der Waals surface area (Å²) in [5, 5.41) is 4.50. The Bertz CT molecular complexity index is 1290. The summed E-state index contributed by atoms with van der Waals surface area (Å²) in [6, 6.07) is 25.8.